The third-order valence-corrected chi connectivity index (χ3v) is 4.09. The molecular formula is C14H13NOS. The number of amides is 1. The van der Waals surface area contributed by atoms with E-state index in [9.17, 15) is 4.79 Å². The molecule has 1 heterocycles. The van der Waals surface area contributed by atoms with E-state index in [1.54, 1.807) is 11.8 Å². The van der Waals surface area contributed by atoms with Crippen molar-refractivity contribution in [1.29, 1.82) is 0 Å². The van der Waals surface area contributed by atoms with E-state index in [-0.39, 0.29) is 11.3 Å². The predicted molar refractivity (Wildman–Crippen MR) is 72.0 cm³/mol. The Labute approximate surface area is 104 Å². The molecule has 86 valence electrons. The van der Waals surface area contributed by atoms with Crippen LogP contribution in [0, 0.1) is 0 Å². The molecule has 17 heavy (non-hydrogen) atoms. The van der Waals surface area contributed by atoms with Crippen LogP contribution in [0.2, 0.25) is 0 Å². The zero-order valence-corrected chi connectivity index (χ0v) is 10.2. The molecule has 2 nitrogen and oxygen atoms in total. The van der Waals surface area contributed by atoms with Gasteiger partial charge in [-0.25, -0.2) is 0 Å². The quantitative estimate of drug-likeness (QED) is 0.878. The van der Waals surface area contributed by atoms with Crippen molar-refractivity contribution in [2.24, 2.45) is 0 Å². The molecule has 2 aromatic carbocycles. The maximum Gasteiger partial charge on any atom is 0.230 e. The minimum absolute atomic E-state index is 0.154. The van der Waals surface area contributed by atoms with Crippen molar-refractivity contribution in [2.45, 2.75) is 11.8 Å². The Morgan fingerprint density at radius 2 is 2.00 bits per heavy atom. The number of fused-ring (bicyclic) bond motifs is 1. The molecule has 1 aliphatic heterocycles. The number of hydrogen-bond donors (Lipinski definition) is 1. The molecule has 0 saturated carbocycles. The Balaban J connectivity index is 1.83. The highest BCUT2D eigenvalue weighted by atomic mass is 32.2. The van der Waals surface area contributed by atoms with Gasteiger partial charge >= 0.3 is 0 Å². The summed E-state index contributed by atoms with van der Waals surface area (Å²) in [6.07, 6.45) is 0.904. The van der Waals surface area contributed by atoms with Gasteiger partial charge in [0.15, 0.2) is 0 Å². The summed E-state index contributed by atoms with van der Waals surface area (Å²) < 4.78 is 0. The number of benzene rings is 2. The Bertz CT molecular complexity index is 567. The van der Waals surface area contributed by atoms with Crippen molar-refractivity contribution in [3.63, 3.8) is 0 Å². The molecule has 1 fully saturated rings. The maximum absolute atomic E-state index is 11.1. The van der Waals surface area contributed by atoms with Crippen LogP contribution < -0.4 is 5.32 Å². The highest BCUT2D eigenvalue weighted by Crippen LogP contribution is 2.22. The van der Waals surface area contributed by atoms with Crippen LogP contribution in [0.1, 0.15) is 5.56 Å². The molecule has 1 unspecified atom stereocenters. The topological polar surface area (TPSA) is 29.1 Å². The zero-order chi connectivity index (χ0) is 11.7. The minimum Gasteiger partial charge on any atom is -0.343 e. The molecule has 3 heteroatoms. The van der Waals surface area contributed by atoms with E-state index < -0.39 is 0 Å². The fourth-order valence-electron chi connectivity index (χ4n) is 2.13. The first kappa shape index (κ1) is 10.7. The fraction of sp³-hybridized carbons (Fsp3) is 0.214. The molecule has 1 N–H and O–H groups in total. The fourth-order valence-corrected chi connectivity index (χ4v) is 3.09. The van der Waals surface area contributed by atoms with Crippen molar-refractivity contribution in [1.82, 2.24) is 5.32 Å². The molecule has 1 atom stereocenters. The number of hydrogen-bond acceptors (Lipinski definition) is 2. The van der Waals surface area contributed by atoms with Crippen molar-refractivity contribution in [3.05, 3.63) is 48.0 Å². The van der Waals surface area contributed by atoms with E-state index in [0.29, 0.717) is 5.75 Å². The zero-order valence-electron chi connectivity index (χ0n) is 9.35. The van der Waals surface area contributed by atoms with Gasteiger partial charge < -0.3 is 5.32 Å². The van der Waals surface area contributed by atoms with Gasteiger partial charge in [-0.1, -0.05) is 42.5 Å². The van der Waals surface area contributed by atoms with Gasteiger partial charge in [0.05, 0.1) is 11.1 Å². The van der Waals surface area contributed by atoms with Crippen LogP contribution in [0.15, 0.2) is 42.5 Å². The van der Waals surface area contributed by atoms with E-state index in [4.69, 9.17) is 0 Å². The van der Waals surface area contributed by atoms with Crippen molar-refractivity contribution in [3.8, 4) is 0 Å². The standard InChI is InChI=1S/C14H13NOS/c16-13-9-17-14(15-13)8-10-5-6-11-3-1-2-4-12(11)7-10/h1-7,14H,8-9H2,(H,15,16). The number of thioether (sulfide) groups is 1. The predicted octanol–water partition coefficient (Wildman–Crippen LogP) is 2.57. The largest absolute Gasteiger partial charge is 0.343 e. The summed E-state index contributed by atoms with van der Waals surface area (Å²) in [5, 5.41) is 5.74. The summed E-state index contributed by atoms with van der Waals surface area (Å²) in [4.78, 5) is 11.1. The lowest BCUT2D eigenvalue weighted by Crippen LogP contribution is -2.26. The Morgan fingerprint density at radius 1 is 1.18 bits per heavy atom. The van der Waals surface area contributed by atoms with E-state index in [1.165, 1.54) is 16.3 Å². The maximum atomic E-state index is 11.1. The third-order valence-electron chi connectivity index (χ3n) is 2.97. The van der Waals surface area contributed by atoms with E-state index in [1.807, 2.05) is 0 Å². The highest BCUT2D eigenvalue weighted by molar-refractivity contribution is 8.01. The van der Waals surface area contributed by atoms with Crippen molar-refractivity contribution in [2.75, 3.05) is 5.75 Å². The number of rotatable bonds is 2. The lowest BCUT2D eigenvalue weighted by molar-refractivity contribution is -0.118. The minimum atomic E-state index is 0.154. The summed E-state index contributed by atoms with van der Waals surface area (Å²) in [5.41, 5.74) is 1.28. The lowest BCUT2D eigenvalue weighted by atomic mass is 10.1. The van der Waals surface area contributed by atoms with Gasteiger partial charge in [-0.2, -0.15) is 0 Å². The van der Waals surface area contributed by atoms with Crippen LogP contribution in [0.4, 0.5) is 0 Å². The lowest BCUT2D eigenvalue weighted by Gasteiger charge is -2.09. The summed E-state index contributed by atoms with van der Waals surface area (Å²) in [6, 6.07) is 14.8. The van der Waals surface area contributed by atoms with Crippen molar-refractivity contribution >= 4 is 28.4 Å². The molecule has 1 amide bonds. The highest BCUT2D eigenvalue weighted by Gasteiger charge is 2.21. The average molecular weight is 243 g/mol. The summed E-state index contributed by atoms with van der Waals surface area (Å²) in [6.45, 7) is 0. The van der Waals surface area contributed by atoms with Gasteiger partial charge in [0.1, 0.15) is 0 Å². The van der Waals surface area contributed by atoms with Crippen LogP contribution in [0.25, 0.3) is 10.8 Å². The van der Waals surface area contributed by atoms with Crippen LogP contribution in [-0.4, -0.2) is 17.0 Å². The Hall–Kier alpha value is -1.48. The monoisotopic (exact) mass is 243 g/mol. The normalized spacial score (nSPS) is 19.5. The third kappa shape index (κ3) is 2.29. The number of carbonyl (C=O) groups is 1. The molecule has 0 aliphatic carbocycles. The molecule has 1 saturated heterocycles. The SMILES string of the molecule is O=C1CSC(Cc2ccc3ccccc3c2)N1. The first-order valence-electron chi connectivity index (χ1n) is 5.70. The summed E-state index contributed by atoms with van der Waals surface area (Å²) >= 11 is 1.69. The van der Waals surface area contributed by atoms with E-state index in [0.717, 1.165) is 6.42 Å². The van der Waals surface area contributed by atoms with Crippen LogP contribution in [-0.2, 0) is 11.2 Å². The Morgan fingerprint density at radius 3 is 2.76 bits per heavy atom. The first-order chi connectivity index (χ1) is 8.31. The van der Waals surface area contributed by atoms with Crippen molar-refractivity contribution < 1.29 is 4.79 Å². The van der Waals surface area contributed by atoms with E-state index >= 15 is 0 Å². The molecule has 0 aromatic heterocycles. The first-order valence-corrected chi connectivity index (χ1v) is 6.75. The Kier molecular flexibility index (Phi) is 2.77. The van der Waals surface area contributed by atoms with Crippen LogP contribution >= 0.6 is 11.8 Å². The molecule has 3 rings (SSSR count). The molecule has 1 aliphatic rings. The second-order valence-electron chi connectivity index (χ2n) is 4.25. The average Bonchev–Trinajstić information content (AvgIpc) is 2.75. The van der Waals surface area contributed by atoms with Gasteiger partial charge in [0.25, 0.3) is 0 Å². The smallest absolute Gasteiger partial charge is 0.230 e. The summed E-state index contributed by atoms with van der Waals surface area (Å²) in [7, 11) is 0. The second-order valence-corrected chi connectivity index (χ2v) is 5.44. The van der Waals surface area contributed by atoms with Gasteiger partial charge in [-0.05, 0) is 16.3 Å². The van der Waals surface area contributed by atoms with E-state index in [2.05, 4.69) is 47.8 Å². The molecule has 0 bridgehead atoms. The number of nitrogens with one attached hydrogen (secondary N) is 1. The van der Waals surface area contributed by atoms with Gasteiger partial charge in [-0.15, -0.1) is 11.8 Å². The summed E-state index contributed by atoms with van der Waals surface area (Å²) in [5.74, 6) is 0.749. The molecule has 2 aromatic rings. The molecular weight excluding hydrogens is 230 g/mol. The molecule has 0 radical (unpaired) electrons. The van der Waals surface area contributed by atoms with Gasteiger partial charge in [0, 0.05) is 6.42 Å². The van der Waals surface area contributed by atoms with Crippen LogP contribution in [0.3, 0.4) is 0 Å². The second kappa shape index (κ2) is 4.41. The van der Waals surface area contributed by atoms with Gasteiger partial charge in [-0.3, -0.25) is 4.79 Å². The number of carbonyl (C=O) groups excluding carboxylic acids is 1. The van der Waals surface area contributed by atoms with Gasteiger partial charge in [0.2, 0.25) is 5.91 Å². The molecule has 0 spiro atoms. The van der Waals surface area contributed by atoms with Crippen LogP contribution in [0.5, 0.6) is 0 Å².